The molecular weight excluding hydrogens is 245 g/mol. The van der Waals surface area contributed by atoms with Gasteiger partial charge in [-0.3, -0.25) is 0 Å². The minimum absolute atomic E-state index is 0. The zero-order chi connectivity index (χ0) is 11.3. The van der Waals surface area contributed by atoms with Crippen LogP contribution in [0.5, 0.6) is 5.75 Å². The van der Waals surface area contributed by atoms with E-state index in [1.165, 1.54) is 0 Å². The SMILES string of the molecule is COc1ccc(Cl)cc1CNCC(C)C.Cl. The molecule has 1 N–H and O–H groups in total. The monoisotopic (exact) mass is 263 g/mol. The Morgan fingerprint density at radius 1 is 1.38 bits per heavy atom. The predicted octanol–water partition coefficient (Wildman–Crippen LogP) is 3.52. The van der Waals surface area contributed by atoms with Gasteiger partial charge in [-0.05, 0) is 30.7 Å². The van der Waals surface area contributed by atoms with E-state index in [9.17, 15) is 0 Å². The van der Waals surface area contributed by atoms with Crippen LogP contribution in [0.4, 0.5) is 0 Å². The summed E-state index contributed by atoms with van der Waals surface area (Å²) in [6.45, 7) is 6.15. The van der Waals surface area contributed by atoms with Crippen molar-refractivity contribution in [1.29, 1.82) is 0 Å². The lowest BCUT2D eigenvalue weighted by atomic mass is 10.2. The number of rotatable bonds is 5. The van der Waals surface area contributed by atoms with Crippen molar-refractivity contribution in [2.24, 2.45) is 5.92 Å². The Kier molecular flexibility index (Phi) is 7.56. The number of hydrogen-bond acceptors (Lipinski definition) is 2. The van der Waals surface area contributed by atoms with Crippen molar-refractivity contribution < 1.29 is 4.74 Å². The summed E-state index contributed by atoms with van der Waals surface area (Å²) in [6, 6.07) is 5.68. The first-order valence-electron chi connectivity index (χ1n) is 5.16. The van der Waals surface area contributed by atoms with Crippen molar-refractivity contribution in [2.45, 2.75) is 20.4 Å². The van der Waals surface area contributed by atoms with Gasteiger partial charge in [-0.2, -0.15) is 0 Å². The van der Waals surface area contributed by atoms with E-state index in [4.69, 9.17) is 16.3 Å². The van der Waals surface area contributed by atoms with E-state index in [1.807, 2.05) is 18.2 Å². The van der Waals surface area contributed by atoms with Crippen molar-refractivity contribution in [3.63, 3.8) is 0 Å². The second kappa shape index (κ2) is 7.77. The highest BCUT2D eigenvalue weighted by Crippen LogP contribution is 2.22. The predicted molar refractivity (Wildman–Crippen MR) is 71.8 cm³/mol. The van der Waals surface area contributed by atoms with Crippen LogP contribution in [-0.2, 0) is 6.54 Å². The van der Waals surface area contributed by atoms with Crippen LogP contribution in [0.15, 0.2) is 18.2 Å². The topological polar surface area (TPSA) is 21.3 Å². The van der Waals surface area contributed by atoms with Gasteiger partial charge in [0, 0.05) is 17.1 Å². The maximum absolute atomic E-state index is 5.93. The molecule has 92 valence electrons. The molecule has 0 unspecified atom stereocenters. The van der Waals surface area contributed by atoms with E-state index in [-0.39, 0.29) is 12.4 Å². The molecule has 0 saturated carbocycles. The van der Waals surface area contributed by atoms with Crippen molar-refractivity contribution >= 4 is 24.0 Å². The lowest BCUT2D eigenvalue weighted by molar-refractivity contribution is 0.406. The van der Waals surface area contributed by atoms with Gasteiger partial charge in [0.05, 0.1) is 7.11 Å². The van der Waals surface area contributed by atoms with E-state index < -0.39 is 0 Å². The number of benzene rings is 1. The Bertz CT molecular complexity index is 316. The summed E-state index contributed by atoms with van der Waals surface area (Å²) in [7, 11) is 1.68. The Morgan fingerprint density at radius 2 is 2.06 bits per heavy atom. The number of ether oxygens (including phenoxy) is 1. The van der Waals surface area contributed by atoms with Gasteiger partial charge in [0.1, 0.15) is 5.75 Å². The highest BCUT2D eigenvalue weighted by atomic mass is 35.5. The molecule has 4 heteroatoms. The first kappa shape index (κ1) is 15.6. The zero-order valence-electron chi connectivity index (χ0n) is 9.92. The van der Waals surface area contributed by atoms with Crippen LogP contribution in [0.25, 0.3) is 0 Å². The van der Waals surface area contributed by atoms with Crippen LogP contribution in [0.2, 0.25) is 5.02 Å². The molecule has 0 heterocycles. The zero-order valence-corrected chi connectivity index (χ0v) is 11.5. The number of halogens is 2. The quantitative estimate of drug-likeness (QED) is 0.878. The molecule has 0 aliphatic heterocycles. The first-order valence-corrected chi connectivity index (χ1v) is 5.54. The fourth-order valence-electron chi connectivity index (χ4n) is 1.38. The third-order valence-corrected chi connectivity index (χ3v) is 2.35. The maximum atomic E-state index is 5.93. The molecule has 0 spiro atoms. The molecule has 0 atom stereocenters. The van der Waals surface area contributed by atoms with Crippen molar-refractivity contribution in [2.75, 3.05) is 13.7 Å². The summed E-state index contributed by atoms with van der Waals surface area (Å²) in [5, 5.41) is 4.11. The highest BCUT2D eigenvalue weighted by Gasteiger charge is 2.03. The van der Waals surface area contributed by atoms with Gasteiger partial charge < -0.3 is 10.1 Å². The molecule has 1 aromatic rings. The van der Waals surface area contributed by atoms with Gasteiger partial charge >= 0.3 is 0 Å². The van der Waals surface area contributed by atoms with Gasteiger partial charge in [0.25, 0.3) is 0 Å². The fraction of sp³-hybridized carbons (Fsp3) is 0.500. The van der Waals surface area contributed by atoms with Gasteiger partial charge in [-0.1, -0.05) is 25.4 Å². The average molecular weight is 264 g/mol. The standard InChI is InChI=1S/C12H18ClNO.ClH/c1-9(2)7-14-8-10-6-11(13)4-5-12(10)15-3;/h4-6,9,14H,7-8H2,1-3H3;1H. The van der Waals surface area contributed by atoms with Crippen molar-refractivity contribution in [3.05, 3.63) is 28.8 Å². The molecule has 0 radical (unpaired) electrons. The third kappa shape index (κ3) is 5.06. The summed E-state index contributed by atoms with van der Waals surface area (Å²) in [4.78, 5) is 0. The second-order valence-electron chi connectivity index (χ2n) is 3.98. The molecular formula is C12H19Cl2NO. The Morgan fingerprint density at radius 3 is 2.62 bits per heavy atom. The summed E-state index contributed by atoms with van der Waals surface area (Å²) in [5.74, 6) is 1.53. The molecule has 16 heavy (non-hydrogen) atoms. The van der Waals surface area contributed by atoms with Crippen molar-refractivity contribution in [3.8, 4) is 5.75 Å². The molecule has 1 rings (SSSR count). The van der Waals surface area contributed by atoms with Gasteiger partial charge in [0.15, 0.2) is 0 Å². The molecule has 0 saturated heterocycles. The van der Waals surface area contributed by atoms with E-state index in [1.54, 1.807) is 7.11 Å². The van der Waals surface area contributed by atoms with Crippen LogP contribution in [0, 0.1) is 5.92 Å². The van der Waals surface area contributed by atoms with Crippen LogP contribution in [0.3, 0.4) is 0 Å². The molecule has 2 nitrogen and oxygen atoms in total. The molecule has 0 aliphatic rings. The average Bonchev–Trinajstić information content (AvgIpc) is 2.17. The van der Waals surface area contributed by atoms with Gasteiger partial charge in [-0.25, -0.2) is 0 Å². The molecule has 0 amide bonds. The number of nitrogens with one attached hydrogen (secondary N) is 1. The van der Waals surface area contributed by atoms with Crippen LogP contribution in [-0.4, -0.2) is 13.7 Å². The maximum Gasteiger partial charge on any atom is 0.123 e. The first-order chi connectivity index (χ1) is 7.13. The van der Waals surface area contributed by atoms with Crippen LogP contribution < -0.4 is 10.1 Å². The van der Waals surface area contributed by atoms with E-state index in [0.29, 0.717) is 5.92 Å². The third-order valence-electron chi connectivity index (χ3n) is 2.11. The van der Waals surface area contributed by atoms with Crippen LogP contribution >= 0.6 is 24.0 Å². The van der Waals surface area contributed by atoms with E-state index in [2.05, 4.69) is 19.2 Å². The molecule has 1 aromatic carbocycles. The summed E-state index contributed by atoms with van der Waals surface area (Å²) < 4.78 is 5.26. The Balaban J connectivity index is 0.00000225. The second-order valence-corrected chi connectivity index (χ2v) is 4.42. The molecule has 0 aromatic heterocycles. The lowest BCUT2D eigenvalue weighted by Gasteiger charge is -2.11. The Labute approximate surface area is 109 Å². The van der Waals surface area contributed by atoms with Crippen LogP contribution in [0.1, 0.15) is 19.4 Å². The fourth-order valence-corrected chi connectivity index (χ4v) is 1.58. The minimum Gasteiger partial charge on any atom is -0.496 e. The number of hydrogen-bond donors (Lipinski definition) is 1. The summed E-state index contributed by atoms with van der Waals surface area (Å²) in [5.41, 5.74) is 1.10. The van der Waals surface area contributed by atoms with Gasteiger partial charge in [0.2, 0.25) is 0 Å². The largest absolute Gasteiger partial charge is 0.496 e. The summed E-state index contributed by atoms with van der Waals surface area (Å²) >= 11 is 5.93. The molecule has 0 bridgehead atoms. The number of methoxy groups -OCH3 is 1. The Hall–Kier alpha value is -0.440. The lowest BCUT2D eigenvalue weighted by Crippen LogP contribution is -2.19. The van der Waals surface area contributed by atoms with Crippen molar-refractivity contribution in [1.82, 2.24) is 5.32 Å². The molecule has 0 fully saturated rings. The highest BCUT2D eigenvalue weighted by molar-refractivity contribution is 6.30. The summed E-state index contributed by atoms with van der Waals surface area (Å²) in [6.07, 6.45) is 0. The van der Waals surface area contributed by atoms with Gasteiger partial charge in [-0.15, -0.1) is 12.4 Å². The molecule has 0 aliphatic carbocycles. The van der Waals surface area contributed by atoms with E-state index in [0.717, 1.165) is 29.4 Å². The smallest absolute Gasteiger partial charge is 0.123 e. The normalized spacial score (nSPS) is 10.1. The van der Waals surface area contributed by atoms with E-state index >= 15 is 0 Å². The minimum atomic E-state index is 0.